The second-order valence-electron chi connectivity index (χ2n) is 6.19. The van der Waals surface area contributed by atoms with E-state index in [0.717, 1.165) is 0 Å². The molecule has 0 bridgehead atoms. The van der Waals surface area contributed by atoms with Gasteiger partial charge in [0.25, 0.3) is 11.8 Å². The van der Waals surface area contributed by atoms with E-state index < -0.39 is 0 Å². The predicted octanol–water partition coefficient (Wildman–Crippen LogP) is 4.11. The van der Waals surface area contributed by atoms with Crippen LogP contribution in [0, 0.1) is 0 Å². The number of carbonyl (C=O) groups is 2. The van der Waals surface area contributed by atoms with E-state index in [1.165, 1.54) is 0 Å². The highest BCUT2D eigenvalue weighted by Crippen LogP contribution is 2.29. The number of carbonyl (C=O) groups excluding carboxylic acids is 2. The van der Waals surface area contributed by atoms with Gasteiger partial charge in [-0.25, -0.2) is 0 Å². The number of anilines is 1. The first-order valence-corrected chi connectivity index (χ1v) is 9.18. The van der Waals surface area contributed by atoms with Crippen LogP contribution in [0.25, 0.3) is 0 Å². The van der Waals surface area contributed by atoms with E-state index in [4.69, 9.17) is 9.47 Å². The summed E-state index contributed by atoms with van der Waals surface area (Å²) in [5.74, 6) is 0.606. The zero-order chi connectivity index (χ0) is 20.5. The van der Waals surface area contributed by atoms with Crippen LogP contribution >= 0.6 is 0 Å². The van der Waals surface area contributed by atoms with Gasteiger partial charge in [-0.15, -0.1) is 0 Å². The molecule has 0 spiro atoms. The van der Waals surface area contributed by atoms with Gasteiger partial charge in [0, 0.05) is 24.8 Å². The molecule has 0 atom stereocenters. The molecule has 0 aliphatic heterocycles. The summed E-state index contributed by atoms with van der Waals surface area (Å²) in [6.45, 7) is 0.820. The monoisotopic (exact) mass is 390 g/mol. The fourth-order valence-corrected chi connectivity index (χ4v) is 2.64. The van der Waals surface area contributed by atoms with Crippen LogP contribution in [0.1, 0.15) is 20.7 Å². The lowest BCUT2D eigenvalue weighted by Crippen LogP contribution is -2.27. The lowest BCUT2D eigenvalue weighted by Gasteiger charge is -2.12. The molecule has 0 aromatic heterocycles. The zero-order valence-corrected chi connectivity index (χ0v) is 16.1. The molecule has 3 rings (SSSR count). The largest absolute Gasteiger partial charge is 0.455 e. The van der Waals surface area contributed by atoms with Crippen molar-refractivity contribution in [3.05, 3.63) is 90.0 Å². The number of rotatable bonds is 8. The molecule has 0 aliphatic carbocycles. The van der Waals surface area contributed by atoms with Gasteiger partial charge in [-0.1, -0.05) is 36.4 Å². The first-order valence-electron chi connectivity index (χ1n) is 9.18. The first-order chi connectivity index (χ1) is 14.2. The molecule has 2 amide bonds. The molecule has 0 aliphatic rings. The number of nitrogens with one attached hydrogen (secondary N) is 2. The molecule has 6 nitrogen and oxygen atoms in total. The second kappa shape index (κ2) is 10.1. The minimum atomic E-state index is -0.333. The Balaban J connectivity index is 1.72. The Labute approximate surface area is 169 Å². The van der Waals surface area contributed by atoms with Gasteiger partial charge in [0.2, 0.25) is 0 Å². The summed E-state index contributed by atoms with van der Waals surface area (Å²) >= 11 is 0. The van der Waals surface area contributed by atoms with Gasteiger partial charge in [-0.05, 0) is 42.5 Å². The Hall–Kier alpha value is -3.64. The standard InChI is InChI=1S/C23H22N2O4/c1-28-15-14-24-22(26)17-8-7-9-18(16-17)23(27)25-20-12-5-6-13-21(20)29-19-10-3-2-4-11-19/h2-13,16H,14-15H2,1H3,(H,24,26)(H,25,27). The van der Waals surface area contributed by atoms with E-state index in [9.17, 15) is 9.59 Å². The number of amides is 2. The Bertz CT molecular complexity index is 973. The van der Waals surface area contributed by atoms with Gasteiger partial charge < -0.3 is 20.1 Å². The van der Waals surface area contributed by atoms with Crippen molar-refractivity contribution in [3.63, 3.8) is 0 Å². The minimum absolute atomic E-state index is 0.260. The van der Waals surface area contributed by atoms with Gasteiger partial charge in [-0.2, -0.15) is 0 Å². The summed E-state index contributed by atoms with van der Waals surface area (Å²) in [4.78, 5) is 24.9. The third kappa shape index (κ3) is 5.67. The summed E-state index contributed by atoms with van der Waals surface area (Å²) in [5.41, 5.74) is 1.32. The number of methoxy groups -OCH3 is 1. The van der Waals surface area contributed by atoms with Crippen molar-refractivity contribution >= 4 is 17.5 Å². The van der Waals surface area contributed by atoms with Crippen LogP contribution in [-0.2, 0) is 4.74 Å². The molecule has 0 saturated heterocycles. The fourth-order valence-electron chi connectivity index (χ4n) is 2.64. The van der Waals surface area contributed by atoms with Crippen molar-refractivity contribution < 1.29 is 19.1 Å². The molecule has 2 N–H and O–H groups in total. The van der Waals surface area contributed by atoms with Crippen molar-refractivity contribution in [1.82, 2.24) is 5.32 Å². The molecule has 148 valence electrons. The molecule has 3 aromatic rings. The van der Waals surface area contributed by atoms with Crippen molar-refractivity contribution in [3.8, 4) is 11.5 Å². The van der Waals surface area contributed by atoms with E-state index in [0.29, 0.717) is 41.5 Å². The maximum Gasteiger partial charge on any atom is 0.255 e. The van der Waals surface area contributed by atoms with Crippen molar-refractivity contribution in [1.29, 1.82) is 0 Å². The normalized spacial score (nSPS) is 10.2. The number of hydrogen-bond acceptors (Lipinski definition) is 4. The Morgan fingerprint density at radius 2 is 1.52 bits per heavy atom. The molecular weight excluding hydrogens is 368 g/mol. The van der Waals surface area contributed by atoms with Crippen molar-refractivity contribution in [2.45, 2.75) is 0 Å². The summed E-state index contributed by atoms with van der Waals surface area (Å²) in [5, 5.41) is 5.59. The van der Waals surface area contributed by atoms with E-state index in [2.05, 4.69) is 10.6 Å². The first kappa shape index (κ1) is 20.1. The van der Waals surface area contributed by atoms with Gasteiger partial charge in [0.05, 0.1) is 12.3 Å². The van der Waals surface area contributed by atoms with Gasteiger partial charge in [0.1, 0.15) is 5.75 Å². The topological polar surface area (TPSA) is 76.7 Å². The number of para-hydroxylation sites is 3. The predicted molar refractivity (Wildman–Crippen MR) is 112 cm³/mol. The molecule has 0 heterocycles. The van der Waals surface area contributed by atoms with E-state index in [1.807, 2.05) is 42.5 Å². The second-order valence-corrected chi connectivity index (χ2v) is 6.19. The van der Waals surface area contributed by atoms with Gasteiger partial charge in [-0.3, -0.25) is 9.59 Å². The highest BCUT2D eigenvalue weighted by molar-refractivity contribution is 6.06. The number of benzene rings is 3. The van der Waals surface area contributed by atoms with Crippen LogP contribution in [0.15, 0.2) is 78.9 Å². The number of hydrogen-bond donors (Lipinski definition) is 2. The van der Waals surface area contributed by atoms with Crippen LogP contribution in [0.5, 0.6) is 11.5 Å². The summed E-state index contributed by atoms with van der Waals surface area (Å²) in [6.07, 6.45) is 0. The van der Waals surface area contributed by atoms with E-state index >= 15 is 0 Å². The molecule has 0 unspecified atom stereocenters. The molecule has 6 heteroatoms. The highest BCUT2D eigenvalue weighted by atomic mass is 16.5. The van der Waals surface area contributed by atoms with Crippen LogP contribution in [-0.4, -0.2) is 32.1 Å². The highest BCUT2D eigenvalue weighted by Gasteiger charge is 2.13. The minimum Gasteiger partial charge on any atom is -0.455 e. The molecule has 29 heavy (non-hydrogen) atoms. The van der Waals surface area contributed by atoms with E-state index in [1.54, 1.807) is 43.5 Å². The van der Waals surface area contributed by atoms with Crippen molar-refractivity contribution in [2.24, 2.45) is 0 Å². The van der Waals surface area contributed by atoms with Gasteiger partial charge in [0.15, 0.2) is 5.75 Å². The van der Waals surface area contributed by atoms with E-state index in [-0.39, 0.29) is 11.8 Å². The smallest absolute Gasteiger partial charge is 0.255 e. The van der Waals surface area contributed by atoms with Gasteiger partial charge >= 0.3 is 0 Å². The number of ether oxygens (including phenoxy) is 2. The van der Waals surface area contributed by atoms with Crippen molar-refractivity contribution in [2.75, 3.05) is 25.6 Å². The zero-order valence-electron chi connectivity index (χ0n) is 16.1. The lowest BCUT2D eigenvalue weighted by molar-refractivity contribution is 0.0937. The SMILES string of the molecule is COCCNC(=O)c1cccc(C(=O)Nc2ccccc2Oc2ccccc2)c1. The fraction of sp³-hybridized carbons (Fsp3) is 0.130. The van der Waals surface area contributed by atoms with Crippen LogP contribution in [0.4, 0.5) is 5.69 Å². The molecule has 0 radical (unpaired) electrons. The molecule has 0 fully saturated rings. The molecule has 3 aromatic carbocycles. The Kier molecular flexibility index (Phi) is 6.97. The quantitative estimate of drug-likeness (QED) is 0.568. The Morgan fingerprint density at radius 1 is 0.828 bits per heavy atom. The average molecular weight is 390 g/mol. The van der Waals surface area contributed by atoms with Crippen LogP contribution in [0.3, 0.4) is 0 Å². The summed E-state index contributed by atoms with van der Waals surface area (Å²) in [7, 11) is 1.57. The summed E-state index contributed by atoms with van der Waals surface area (Å²) < 4.78 is 10.8. The van der Waals surface area contributed by atoms with Crippen LogP contribution < -0.4 is 15.4 Å². The third-order valence-corrected chi connectivity index (χ3v) is 4.08. The summed E-state index contributed by atoms with van der Waals surface area (Å²) in [6, 6.07) is 23.1. The van der Waals surface area contributed by atoms with Crippen LogP contribution in [0.2, 0.25) is 0 Å². The maximum atomic E-state index is 12.7. The lowest BCUT2D eigenvalue weighted by atomic mass is 10.1. The average Bonchev–Trinajstić information content (AvgIpc) is 2.76. The Morgan fingerprint density at radius 3 is 2.28 bits per heavy atom. The molecule has 0 saturated carbocycles. The maximum absolute atomic E-state index is 12.7. The third-order valence-electron chi connectivity index (χ3n) is 4.08. The molecular formula is C23H22N2O4.